The van der Waals surface area contributed by atoms with Gasteiger partial charge < -0.3 is 10.3 Å². The van der Waals surface area contributed by atoms with Crippen LogP contribution in [0.2, 0.25) is 0 Å². The molecule has 0 unspecified atom stereocenters. The number of anilines is 2. The molecule has 106 valence electrons. The van der Waals surface area contributed by atoms with Crippen LogP contribution in [0, 0.1) is 6.92 Å². The summed E-state index contributed by atoms with van der Waals surface area (Å²) in [7, 11) is 0. The second-order valence-electron chi connectivity index (χ2n) is 4.21. The lowest BCUT2D eigenvalue weighted by molar-refractivity contribution is 0.394. The number of hydrogen-bond acceptors (Lipinski definition) is 8. The Morgan fingerprint density at radius 2 is 2.29 bits per heavy atom. The summed E-state index contributed by atoms with van der Waals surface area (Å²) in [6.45, 7) is 1.76. The van der Waals surface area contributed by atoms with E-state index in [4.69, 9.17) is 10.3 Å². The fraction of sp³-hybridized carbons (Fsp3) is 0.0769. The van der Waals surface area contributed by atoms with Crippen LogP contribution in [0.15, 0.2) is 39.3 Å². The van der Waals surface area contributed by atoms with Crippen LogP contribution in [0.1, 0.15) is 11.5 Å². The summed E-state index contributed by atoms with van der Waals surface area (Å²) in [5.74, 6) is 1.57. The maximum Gasteiger partial charge on any atom is 0.223 e. The molecular formula is C13H12N6OS. The molecule has 7 nitrogen and oxygen atoms in total. The molecule has 3 aromatic rings. The van der Waals surface area contributed by atoms with Crippen molar-refractivity contribution >= 4 is 28.5 Å². The average molecular weight is 300 g/mol. The van der Waals surface area contributed by atoms with Gasteiger partial charge in [0.2, 0.25) is 16.8 Å². The van der Waals surface area contributed by atoms with Crippen molar-refractivity contribution in [1.29, 1.82) is 0 Å². The van der Waals surface area contributed by atoms with Crippen molar-refractivity contribution in [2.45, 2.75) is 6.92 Å². The second kappa shape index (κ2) is 5.71. The van der Waals surface area contributed by atoms with Crippen molar-refractivity contribution in [2.75, 3.05) is 11.2 Å². The van der Waals surface area contributed by atoms with Crippen molar-refractivity contribution in [2.24, 2.45) is 5.10 Å². The molecule has 3 rings (SSSR count). The van der Waals surface area contributed by atoms with Crippen LogP contribution >= 0.6 is 11.3 Å². The van der Waals surface area contributed by atoms with Gasteiger partial charge >= 0.3 is 0 Å². The first-order valence-electron chi connectivity index (χ1n) is 6.11. The highest BCUT2D eigenvalue weighted by molar-refractivity contribution is 7.14. The molecular weight excluding hydrogens is 288 g/mol. The van der Waals surface area contributed by atoms with Crippen molar-refractivity contribution in [1.82, 2.24) is 15.1 Å². The Balaban J connectivity index is 1.74. The van der Waals surface area contributed by atoms with Gasteiger partial charge in [-0.25, -0.2) is 4.98 Å². The van der Waals surface area contributed by atoms with Gasteiger partial charge in [0.1, 0.15) is 5.82 Å². The van der Waals surface area contributed by atoms with Crippen molar-refractivity contribution in [3.05, 3.63) is 41.1 Å². The Kier molecular flexibility index (Phi) is 3.61. The Morgan fingerprint density at radius 3 is 3.00 bits per heavy atom. The molecule has 0 aliphatic heterocycles. The lowest BCUT2D eigenvalue weighted by Gasteiger charge is -1.97. The number of thiazole rings is 1. The third-order valence-electron chi connectivity index (χ3n) is 2.57. The Hall–Kier alpha value is -2.74. The van der Waals surface area contributed by atoms with E-state index in [0.29, 0.717) is 22.7 Å². The van der Waals surface area contributed by atoms with Gasteiger partial charge in [-0.3, -0.25) is 5.43 Å². The van der Waals surface area contributed by atoms with Crippen LogP contribution in [0.25, 0.3) is 11.4 Å². The fourth-order valence-electron chi connectivity index (χ4n) is 1.67. The minimum Gasteiger partial charge on any atom is -0.383 e. The van der Waals surface area contributed by atoms with Crippen molar-refractivity contribution < 1.29 is 4.52 Å². The van der Waals surface area contributed by atoms with Gasteiger partial charge in [0.15, 0.2) is 0 Å². The molecule has 1 aromatic carbocycles. The monoisotopic (exact) mass is 300 g/mol. The molecule has 0 atom stereocenters. The zero-order chi connectivity index (χ0) is 14.7. The van der Waals surface area contributed by atoms with Crippen LogP contribution in [-0.4, -0.2) is 21.3 Å². The van der Waals surface area contributed by atoms with E-state index in [2.05, 4.69) is 25.7 Å². The topological polar surface area (TPSA) is 102 Å². The smallest absolute Gasteiger partial charge is 0.223 e. The summed E-state index contributed by atoms with van der Waals surface area (Å²) in [5, 5.41) is 10.4. The summed E-state index contributed by atoms with van der Waals surface area (Å²) in [5.41, 5.74) is 10.1. The van der Waals surface area contributed by atoms with Gasteiger partial charge in [0.25, 0.3) is 0 Å². The lowest BCUT2D eigenvalue weighted by Crippen LogP contribution is -1.91. The fourth-order valence-corrected chi connectivity index (χ4v) is 2.22. The summed E-state index contributed by atoms with van der Waals surface area (Å²) in [6, 6.07) is 7.67. The number of nitrogens with two attached hydrogens (primary N) is 1. The van der Waals surface area contributed by atoms with Crippen LogP contribution in [0.5, 0.6) is 0 Å². The van der Waals surface area contributed by atoms with E-state index in [0.717, 1.165) is 11.1 Å². The zero-order valence-corrected chi connectivity index (χ0v) is 12.0. The Labute approximate surface area is 124 Å². The predicted molar refractivity (Wildman–Crippen MR) is 82.2 cm³/mol. The van der Waals surface area contributed by atoms with Gasteiger partial charge in [-0.1, -0.05) is 23.4 Å². The average Bonchev–Trinajstić information content (AvgIpc) is 3.08. The van der Waals surface area contributed by atoms with Gasteiger partial charge in [-0.05, 0) is 11.6 Å². The number of rotatable bonds is 4. The quantitative estimate of drug-likeness (QED) is 0.567. The number of nitrogens with zero attached hydrogens (tertiary/aromatic N) is 4. The Morgan fingerprint density at radius 1 is 1.38 bits per heavy atom. The molecule has 0 saturated heterocycles. The molecule has 0 amide bonds. The summed E-state index contributed by atoms with van der Waals surface area (Å²) in [4.78, 5) is 8.24. The van der Waals surface area contributed by atoms with E-state index in [9.17, 15) is 0 Å². The van der Waals surface area contributed by atoms with E-state index in [1.165, 1.54) is 11.3 Å². The molecule has 0 fully saturated rings. The second-order valence-corrected chi connectivity index (χ2v) is 5.07. The van der Waals surface area contributed by atoms with Crippen molar-refractivity contribution in [3.8, 4) is 11.4 Å². The van der Waals surface area contributed by atoms with Crippen molar-refractivity contribution in [3.63, 3.8) is 0 Å². The summed E-state index contributed by atoms with van der Waals surface area (Å²) < 4.78 is 4.97. The maximum absolute atomic E-state index is 5.53. The van der Waals surface area contributed by atoms with Crippen LogP contribution in [-0.2, 0) is 0 Å². The molecule has 0 bridgehead atoms. The third-order valence-corrected chi connectivity index (χ3v) is 3.33. The zero-order valence-electron chi connectivity index (χ0n) is 11.1. The largest absolute Gasteiger partial charge is 0.383 e. The van der Waals surface area contributed by atoms with Crippen LogP contribution in [0.3, 0.4) is 0 Å². The van der Waals surface area contributed by atoms with E-state index >= 15 is 0 Å². The molecule has 0 aliphatic rings. The SMILES string of the molecule is Cc1nc(-c2cccc(C=NNc3nc(N)cs3)c2)no1. The van der Waals surface area contributed by atoms with E-state index < -0.39 is 0 Å². The number of hydrogen-bond donors (Lipinski definition) is 2. The standard InChI is InChI=1S/C13H12N6OS/c1-8-16-12(19-20-8)10-4-2-3-9(5-10)6-15-18-13-17-11(14)7-21-13/h2-7H,14H2,1H3,(H,17,18). The van der Waals surface area contributed by atoms with Crippen LogP contribution < -0.4 is 11.2 Å². The van der Waals surface area contributed by atoms with Gasteiger partial charge in [-0.2, -0.15) is 10.1 Å². The van der Waals surface area contributed by atoms with E-state index in [-0.39, 0.29) is 0 Å². The summed E-state index contributed by atoms with van der Waals surface area (Å²) in [6.07, 6.45) is 1.69. The molecule has 0 saturated carbocycles. The van der Waals surface area contributed by atoms with Gasteiger partial charge in [0, 0.05) is 17.9 Å². The lowest BCUT2D eigenvalue weighted by atomic mass is 10.1. The number of aryl methyl sites for hydroxylation is 1. The predicted octanol–water partition coefficient (Wildman–Crippen LogP) is 2.53. The molecule has 3 N–H and O–H groups in total. The first-order chi connectivity index (χ1) is 10.2. The van der Waals surface area contributed by atoms with Crippen LogP contribution in [0.4, 0.5) is 10.9 Å². The summed E-state index contributed by atoms with van der Waals surface area (Å²) >= 11 is 1.39. The first kappa shape index (κ1) is 13.3. The number of nitrogens with one attached hydrogen (secondary N) is 1. The molecule has 2 aromatic heterocycles. The maximum atomic E-state index is 5.53. The first-order valence-corrected chi connectivity index (χ1v) is 6.99. The number of nitrogen functional groups attached to an aromatic ring is 1. The minimum atomic E-state index is 0.479. The highest BCUT2D eigenvalue weighted by Crippen LogP contribution is 2.17. The molecule has 2 heterocycles. The molecule has 21 heavy (non-hydrogen) atoms. The van der Waals surface area contributed by atoms with Gasteiger partial charge in [-0.15, -0.1) is 11.3 Å². The van der Waals surface area contributed by atoms with E-state index in [1.807, 2.05) is 24.3 Å². The Bertz CT molecular complexity index is 778. The van der Waals surface area contributed by atoms with Gasteiger partial charge in [0.05, 0.1) is 6.21 Å². The highest BCUT2D eigenvalue weighted by Gasteiger charge is 2.05. The molecule has 8 heteroatoms. The number of aromatic nitrogens is 3. The third kappa shape index (κ3) is 3.23. The number of hydrazone groups is 1. The molecule has 0 aliphatic carbocycles. The normalized spacial score (nSPS) is 11.1. The number of benzene rings is 1. The van der Waals surface area contributed by atoms with E-state index in [1.54, 1.807) is 18.5 Å². The molecule has 0 spiro atoms. The minimum absolute atomic E-state index is 0.479. The highest BCUT2D eigenvalue weighted by atomic mass is 32.1. The molecule has 0 radical (unpaired) electrons.